The molecule has 0 atom stereocenters. The Morgan fingerprint density at radius 1 is 1.04 bits per heavy atom. The number of aryl methyl sites for hydroxylation is 1. The van der Waals surface area contributed by atoms with E-state index in [1.165, 1.54) is 0 Å². The van der Waals surface area contributed by atoms with E-state index in [1.54, 1.807) is 36.9 Å². The summed E-state index contributed by atoms with van der Waals surface area (Å²) in [6, 6.07) is 14.3. The highest BCUT2D eigenvalue weighted by molar-refractivity contribution is 6.04. The molecule has 0 radical (unpaired) electrons. The molecule has 0 unspecified atom stereocenters. The number of carbonyl (C=O) groups is 2. The van der Waals surface area contributed by atoms with E-state index in [1.807, 2.05) is 24.3 Å². The first-order valence-electron chi connectivity index (χ1n) is 7.59. The maximum atomic E-state index is 12.2. The summed E-state index contributed by atoms with van der Waals surface area (Å²) < 4.78 is 5.06. The van der Waals surface area contributed by atoms with Crippen LogP contribution in [0.2, 0.25) is 0 Å². The van der Waals surface area contributed by atoms with Crippen molar-refractivity contribution in [1.29, 1.82) is 0 Å². The van der Waals surface area contributed by atoms with Gasteiger partial charge in [-0.2, -0.15) is 0 Å². The van der Waals surface area contributed by atoms with Gasteiger partial charge in [0.05, 0.1) is 7.11 Å². The smallest absolute Gasteiger partial charge is 0.255 e. The Kier molecular flexibility index (Phi) is 6.33. The van der Waals surface area contributed by atoms with Gasteiger partial charge >= 0.3 is 0 Å². The number of benzene rings is 2. The highest BCUT2D eigenvalue weighted by Gasteiger charge is 2.06. The van der Waals surface area contributed by atoms with Crippen molar-refractivity contribution >= 4 is 17.5 Å². The van der Waals surface area contributed by atoms with Crippen LogP contribution in [0, 0.1) is 0 Å². The Labute approximate surface area is 140 Å². The van der Waals surface area contributed by atoms with Crippen molar-refractivity contribution in [2.75, 3.05) is 12.4 Å². The van der Waals surface area contributed by atoms with Gasteiger partial charge in [-0.1, -0.05) is 12.1 Å². The van der Waals surface area contributed by atoms with Crippen LogP contribution >= 0.6 is 0 Å². The lowest BCUT2D eigenvalue weighted by molar-refractivity contribution is -0.129. The molecule has 126 valence electrons. The number of methoxy groups -OCH3 is 1. The molecular formula is C18H20N2O4. The molecule has 0 aliphatic heterocycles. The Balaban J connectivity index is 1.88. The molecule has 0 aliphatic carbocycles. The van der Waals surface area contributed by atoms with Gasteiger partial charge in [0.1, 0.15) is 5.75 Å². The lowest BCUT2D eigenvalue weighted by atomic mass is 10.1. The Bertz CT molecular complexity index is 681. The molecule has 2 aromatic rings. The summed E-state index contributed by atoms with van der Waals surface area (Å²) in [7, 11) is 1.58. The second-order valence-corrected chi connectivity index (χ2v) is 5.27. The van der Waals surface area contributed by atoms with Crippen LogP contribution in [0.1, 0.15) is 28.8 Å². The van der Waals surface area contributed by atoms with Gasteiger partial charge in [-0.05, 0) is 54.8 Å². The van der Waals surface area contributed by atoms with Crippen molar-refractivity contribution in [3.63, 3.8) is 0 Å². The largest absolute Gasteiger partial charge is 0.497 e. The zero-order valence-electron chi connectivity index (χ0n) is 13.4. The average molecular weight is 328 g/mol. The third-order valence-corrected chi connectivity index (χ3v) is 3.56. The fourth-order valence-corrected chi connectivity index (χ4v) is 2.21. The fourth-order valence-electron chi connectivity index (χ4n) is 2.21. The number of anilines is 1. The first-order chi connectivity index (χ1) is 11.6. The second kappa shape index (κ2) is 8.69. The molecule has 0 saturated heterocycles. The summed E-state index contributed by atoms with van der Waals surface area (Å²) in [6.45, 7) is 0. The molecule has 6 nitrogen and oxygen atoms in total. The van der Waals surface area contributed by atoms with Crippen molar-refractivity contribution in [1.82, 2.24) is 5.48 Å². The van der Waals surface area contributed by atoms with E-state index in [4.69, 9.17) is 9.94 Å². The summed E-state index contributed by atoms with van der Waals surface area (Å²) in [6.07, 6.45) is 1.64. The maximum absolute atomic E-state index is 12.2. The molecule has 0 bridgehead atoms. The molecule has 0 fully saturated rings. The summed E-state index contributed by atoms with van der Waals surface area (Å²) in [5.41, 5.74) is 3.92. The number of amides is 2. The van der Waals surface area contributed by atoms with Crippen LogP contribution in [0.4, 0.5) is 5.69 Å². The number of hydrogen-bond donors (Lipinski definition) is 3. The second-order valence-electron chi connectivity index (χ2n) is 5.27. The fraction of sp³-hybridized carbons (Fsp3) is 0.222. The lowest BCUT2D eigenvalue weighted by Gasteiger charge is -2.07. The lowest BCUT2D eigenvalue weighted by Crippen LogP contribution is -2.18. The van der Waals surface area contributed by atoms with Crippen LogP contribution in [0.3, 0.4) is 0 Å². The van der Waals surface area contributed by atoms with Crippen LogP contribution in [0.15, 0.2) is 48.5 Å². The third-order valence-electron chi connectivity index (χ3n) is 3.56. The van der Waals surface area contributed by atoms with Crippen LogP contribution in [0.25, 0.3) is 0 Å². The summed E-state index contributed by atoms with van der Waals surface area (Å²) in [5.74, 6) is 0.120. The number of rotatable bonds is 7. The molecule has 24 heavy (non-hydrogen) atoms. The Morgan fingerprint density at radius 2 is 1.71 bits per heavy atom. The van der Waals surface area contributed by atoms with Gasteiger partial charge in [0.15, 0.2) is 0 Å². The molecule has 2 rings (SSSR count). The van der Waals surface area contributed by atoms with Crippen LogP contribution in [0.5, 0.6) is 5.75 Å². The van der Waals surface area contributed by atoms with E-state index in [2.05, 4.69) is 5.32 Å². The maximum Gasteiger partial charge on any atom is 0.255 e. The third kappa shape index (κ3) is 5.10. The van der Waals surface area contributed by atoms with E-state index < -0.39 is 5.91 Å². The van der Waals surface area contributed by atoms with Crippen molar-refractivity contribution < 1.29 is 19.5 Å². The van der Waals surface area contributed by atoms with Gasteiger partial charge in [-0.3, -0.25) is 14.8 Å². The van der Waals surface area contributed by atoms with Gasteiger partial charge in [-0.15, -0.1) is 0 Å². The normalized spacial score (nSPS) is 10.1. The van der Waals surface area contributed by atoms with Gasteiger partial charge in [0, 0.05) is 17.7 Å². The van der Waals surface area contributed by atoms with Gasteiger partial charge in [0.2, 0.25) is 5.91 Å². The summed E-state index contributed by atoms with van der Waals surface area (Å²) in [5, 5.41) is 11.3. The predicted molar refractivity (Wildman–Crippen MR) is 90.3 cm³/mol. The quantitative estimate of drug-likeness (QED) is 0.539. The molecule has 2 amide bonds. The molecule has 2 aromatic carbocycles. The summed E-state index contributed by atoms with van der Waals surface area (Å²) in [4.78, 5) is 23.1. The molecule has 0 aromatic heterocycles. The molecular weight excluding hydrogens is 308 g/mol. The van der Waals surface area contributed by atoms with Gasteiger partial charge in [-0.25, -0.2) is 5.48 Å². The minimum atomic E-state index is -0.390. The molecule has 0 aliphatic rings. The Morgan fingerprint density at radius 3 is 2.29 bits per heavy atom. The first-order valence-corrected chi connectivity index (χ1v) is 7.59. The van der Waals surface area contributed by atoms with Gasteiger partial charge in [0.25, 0.3) is 5.91 Å². The number of ether oxygens (including phenoxy) is 1. The minimum absolute atomic E-state index is 0.190. The van der Waals surface area contributed by atoms with E-state index in [-0.39, 0.29) is 12.3 Å². The monoisotopic (exact) mass is 328 g/mol. The number of hydrogen-bond acceptors (Lipinski definition) is 4. The van der Waals surface area contributed by atoms with E-state index in [9.17, 15) is 9.59 Å². The minimum Gasteiger partial charge on any atom is -0.497 e. The predicted octanol–water partition coefficient (Wildman–Crippen LogP) is 2.78. The number of hydroxylamine groups is 1. The van der Waals surface area contributed by atoms with Crippen LogP contribution in [-0.4, -0.2) is 24.1 Å². The van der Waals surface area contributed by atoms with Crippen molar-refractivity contribution in [2.45, 2.75) is 19.3 Å². The van der Waals surface area contributed by atoms with Crippen molar-refractivity contribution in [2.24, 2.45) is 0 Å². The van der Waals surface area contributed by atoms with Crippen molar-refractivity contribution in [3.05, 3.63) is 59.7 Å². The van der Waals surface area contributed by atoms with Crippen LogP contribution in [-0.2, 0) is 11.2 Å². The molecule has 3 N–H and O–H groups in total. The van der Waals surface area contributed by atoms with E-state index >= 15 is 0 Å². The van der Waals surface area contributed by atoms with Gasteiger partial charge < -0.3 is 10.1 Å². The summed E-state index contributed by atoms with van der Waals surface area (Å²) >= 11 is 0. The topological polar surface area (TPSA) is 87.7 Å². The molecule has 6 heteroatoms. The SMILES string of the molecule is COc1ccc(C(=O)Nc2ccc(CCCC(=O)NO)cc2)cc1. The number of carbonyl (C=O) groups excluding carboxylic acids is 2. The highest BCUT2D eigenvalue weighted by Crippen LogP contribution is 2.15. The molecule has 0 heterocycles. The zero-order chi connectivity index (χ0) is 17.4. The van der Waals surface area contributed by atoms with E-state index in [0.29, 0.717) is 23.4 Å². The average Bonchev–Trinajstić information content (AvgIpc) is 2.63. The van der Waals surface area contributed by atoms with E-state index in [0.717, 1.165) is 12.0 Å². The number of nitrogens with one attached hydrogen (secondary N) is 2. The molecule has 0 spiro atoms. The van der Waals surface area contributed by atoms with Crippen LogP contribution < -0.4 is 15.5 Å². The highest BCUT2D eigenvalue weighted by atomic mass is 16.5. The zero-order valence-corrected chi connectivity index (χ0v) is 13.4. The van der Waals surface area contributed by atoms with Crippen molar-refractivity contribution in [3.8, 4) is 5.75 Å². The first kappa shape index (κ1) is 17.5. The Hall–Kier alpha value is -2.86. The molecule has 0 saturated carbocycles. The standard InChI is InChI=1S/C18H20N2O4/c1-24-16-11-7-14(8-12-16)18(22)19-15-9-5-13(6-10-15)3-2-4-17(21)20-23/h5-12,23H,2-4H2,1H3,(H,19,22)(H,20,21).